The number of amides is 2. The lowest BCUT2D eigenvalue weighted by molar-refractivity contribution is -0.137. The van der Waals surface area contributed by atoms with E-state index < -0.39 is 5.97 Å². The predicted octanol–water partition coefficient (Wildman–Crippen LogP) is 1.63. The van der Waals surface area contributed by atoms with Crippen molar-refractivity contribution >= 4 is 12.0 Å². The minimum atomic E-state index is -0.871. The van der Waals surface area contributed by atoms with Crippen LogP contribution in [0.3, 0.4) is 0 Å². The van der Waals surface area contributed by atoms with Crippen molar-refractivity contribution in [3.05, 3.63) is 0 Å². The standard InChI is InChI=1S/C11H22N2O3/c1-4-8-12(5-2)11(16)13(6-3)9-7-10(14)15/h4-9H2,1-3H3,(H,14,15). The van der Waals surface area contributed by atoms with Crippen LogP contribution >= 0.6 is 0 Å². The number of carbonyl (C=O) groups is 2. The summed E-state index contributed by atoms with van der Waals surface area (Å²) in [6, 6.07) is -0.0619. The SMILES string of the molecule is CCCN(CC)C(=O)N(CC)CCC(=O)O. The van der Waals surface area contributed by atoms with E-state index in [1.165, 1.54) is 0 Å². The summed E-state index contributed by atoms with van der Waals surface area (Å²) in [7, 11) is 0. The molecule has 0 unspecified atom stereocenters. The highest BCUT2D eigenvalue weighted by atomic mass is 16.4. The van der Waals surface area contributed by atoms with Gasteiger partial charge in [0, 0.05) is 26.2 Å². The van der Waals surface area contributed by atoms with Crippen LogP contribution in [0.4, 0.5) is 4.79 Å². The zero-order chi connectivity index (χ0) is 12.6. The molecule has 0 aromatic rings. The molecule has 0 fully saturated rings. The van der Waals surface area contributed by atoms with Gasteiger partial charge in [0.15, 0.2) is 0 Å². The molecule has 0 aliphatic heterocycles. The Morgan fingerprint density at radius 3 is 1.88 bits per heavy atom. The Bertz CT molecular complexity index is 231. The second-order valence-electron chi connectivity index (χ2n) is 3.59. The van der Waals surface area contributed by atoms with Gasteiger partial charge < -0.3 is 14.9 Å². The van der Waals surface area contributed by atoms with Crippen LogP contribution in [0.2, 0.25) is 0 Å². The highest BCUT2D eigenvalue weighted by Gasteiger charge is 2.18. The lowest BCUT2D eigenvalue weighted by Crippen LogP contribution is -2.44. The number of urea groups is 1. The summed E-state index contributed by atoms with van der Waals surface area (Å²) in [6.07, 6.45) is 0.916. The molecule has 0 aromatic heterocycles. The number of hydrogen-bond donors (Lipinski definition) is 1. The molecule has 0 aliphatic rings. The quantitative estimate of drug-likeness (QED) is 0.723. The normalized spacial score (nSPS) is 9.94. The third-order valence-electron chi connectivity index (χ3n) is 2.39. The molecule has 1 N–H and O–H groups in total. The lowest BCUT2D eigenvalue weighted by Gasteiger charge is -2.28. The molecule has 0 saturated heterocycles. The summed E-state index contributed by atoms with van der Waals surface area (Å²) in [5, 5.41) is 8.59. The van der Waals surface area contributed by atoms with Crippen molar-refractivity contribution in [2.24, 2.45) is 0 Å². The summed E-state index contributed by atoms with van der Waals surface area (Å²) in [5.41, 5.74) is 0. The second-order valence-corrected chi connectivity index (χ2v) is 3.59. The monoisotopic (exact) mass is 230 g/mol. The van der Waals surface area contributed by atoms with Crippen LogP contribution in [0.5, 0.6) is 0 Å². The number of rotatable bonds is 7. The fraction of sp³-hybridized carbons (Fsp3) is 0.818. The Hall–Kier alpha value is -1.26. The Balaban J connectivity index is 4.31. The van der Waals surface area contributed by atoms with E-state index in [4.69, 9.17) is 5.11 Å². The molecular formula is C11H22N2O3. The first-order chi connectivity index (χ1) is 7.56. The first-order valence-electron chi connectivity index (χ1n) is 5.82. The fourth-order valence-electron chi connectivity index (χ4n) is 1.48. The van der Waals surface area contributed by atoms with Crippen molar-refractivity contribution in [2.75, 3.05) is 26.2 Å². The highest BCUT2D eigenvalue weighted by Crippen LogP contribution is 2.01. The van der Waals surface area contributed by atoms with Gasteiger partial charge in [-0.25, -0.2) is 4.79 Å². The molecule has 0 bridgehead atoms. The highest BCUT2D eigenvalue weighted by molar-refractivity contribution is 5.75. The Labute approximate surface area is 97.0 Å². The average molecular weight is 230 g/mol. The van der Waals surface area contributed by atoms with Gasteiger partial charge in [0.1, 0.15) is 0 Å². The van der Waals surface area contributed by atoms with Crippen LogP contribution in [0, 0.1) is 0 Å². The molecule has 0 aliphatic carbocycles. The van der Waals surface area contributed by atoms with E-state index >= 15 is 0 Å². The Morgan fingerprint density at radius 2 is 1.50 bits per heavy atom. The molecule has 0 radical (unpaired) electrons. The van der Waals surface area contributed by atoms with Crippen LogP contribution in [0.25, 0.3) is 0 Å². The summed E-state index contributed by atoms with van der Waals surface area (Å²) >= 11 is 0. The summed E-state index contributed by atoms with van der Waals surface area (Å²) in [5.74, 6) is -0.871. The molecule has 94 valence electrons. The summed E-state index contributed by atoms with van der Waals surface area (Å²) in [4.78, 5) is 25.7. The third-order valence-corrected chi connectivity index (χ3v) is 2.39. The molecule has 0 rings (SSSR count). The number of carboxylic acid groups (broad SMARTS) is 1. The van der Waals surface area contributed by atoms with Gasteiger partial charge in [0.05, 0.1) is 6.42 Å². The number of aliphatic carboxylic acids is 1. The van der Waals surface area contributed by atoms with Crippen molar-refractivity contribution in [2.45, 2.75) is 33.6 Å². The van der Waals surface area contributed by atoms with E-state index in [1.54, 1.807) is 9.80 Å². The van der Waals surface area contributed by atoms with Gasteiger partial charge in [0.2, 0.25) is 0 Å². The smallest absolute Gasteiger partial charge is 0.319 e. The topological polar surface area (TPSA) is 60.9 Å². The van der Waals surface area contributed by atoms with E-state index in [9.17, 15) is 9.59 Å². The number of carbonyl (C=O) groups excluding carboxylic acids is 1. The van der Waals surface area contributed by atoms with E-state index in [0.717, 1.165) is 13.0 Å². The molecule has 0 heterocycles. The largest absolute Gasteiger partial charge is 0.481 e. The predicted molar refractivity (Wildman–Crippen MR) is 62.4 cm³/mol. The first kappa shape index (κ1) is 14.7. The van der Waals surface area contributed by atoms with Crippen LogP contribution in [0.15, 0.2) is 0 Å². The van der Waals surface area contributed by atoms with Gasteiger partial charge in [-0.2, -0.15) is 0 Å². The van der Waals surface area contributed by atoms with Crippen molar-refractivity contribution in [3.8, 4) is 0 Å². The third kappa shape index (κ3) is 5.00. The molecule has 16 heavy (non-hydrogen) atoms. The molecule has 0 spiro atoms. The Kier molecular flexibility index (Phi) is 7.33. The number of hydrogen-bond acceptors (Lipinski definition) is 2. The molecule has 0 aromatic carbocycles. The maximum absolute atomic E-state index is 12.0. The molecule has 2 amide bonds. The van der Waals surface area contributed by atoms with Crippen LogP contribution in [-0.4, -0.2) is 53.1 Å². The zero-order valence-corrected chi connectivity index (χ0v) is 10.4. The van der Waals surface area contributed by atoms with Crippen molar-refractivity contribution < 1.29 is 14.7 Å². The average Bonchev–Trinajstić information content (AvgIpc) is 2.26. The van der Waals surface area contributed by atoms with Crippen molar-refractivity contribution in [3.63, 3.8) is 0 Å². The summed E-state index contributed by atoms with van der Waals surface area (Å²) < 4.78 is 0. The maximum Gasteiger partial charge on any atom is 0.319 e. The van der Waals surface area contributed by atoms with Crippen molar-refractivity contribution in [1.29, 1.82) is 0 Å². The van der Waals surface area contributed by atoms with Gasteiger partial charge in [-0.3, -0.25) is 4.79 Å². The lowest BCUT2D eigenvalue weighted by atomic mass is 10.3. The molecular weight excluding hydrogens is 208 g/mol. The van der Waals surface area contributed by atoms with Gasteiger partial charge in [0.25, 0.3) is 0 Å². The van der Waals surface area contributed by atoms with Gasteiger partial charge in [-0.15, -0.1) is 0 Å². The Morgan fingerprint density at radius 1 is 1.00 bits per heavy atom. The zero-order valence-electron chi connectivity index (χ0n) is 10.4. The second kappa shape index (κ2) is 7.96. The number of carboxylic acids is 1. The minimum Gasteiger partial charge on any atom is -0.481 e. The van der Waals surface area contributed by atoms with E-state index in [0.29, 0.717) is 13.1 Å². The van der Waals surface area contributed by atoms with Crippen LogP contribution < -0.4 is 0 Å². The molecule has 5 heteroatoms. The number of nitrogens with zero attached hydrogens (tertiary/aromatic N) is 2. The molecule has 5 nitrogen and oxygen atoms in total. The summed E-state index contributed by atoms with van der Waals surface area (Å²) in [6.45, 7) is 8.02. The fourth-order valence-corrected chi connectivity index (χ4v) is 1.48. The minimum absolute atomic E-state index is 0.00323. The van der Waals surface area contributed by atoms with Gasteiger partial charge in [-0.05, 0) is 20.3 Å². The van der Waals surface area contributed by atoms with E-state index in [2.05, 4.69) is 0 Å². The van der Waals surface area contributed by atoms with Gasteiger partial charge in [-0.1, -0.05) is 6.92 Å². The van der Waals surface area contributed by atoms with E-state index in [1.807, 2.05) is 20.8 Å². The van der Waals surface area contributed by atoms with E-state index in [-0.39, 0.29) is 19.0 Å². The van der Waals surface area contributed by atoms with Crippen molar-refractivity contribution in [1.82, 2.24) is 9.80 Å². The molecule has 0 atom stereocenters. The van der Waals surface area contributed by atoms with Gasteiger partial charge >= 0.3 is 12.0 Å². The first-order valence-corrected chi connectivity index (χ1v) is 5.82. The molecule has 0 saturated carbocycles. The van der Waals surface area contributed by atoms with Crippen LogP contribution in [-0.2, 0) is 4.79 Å². The maximum atomic E-state index is 12.0. The van der Waals surface area contributed by atoms with Crippen LogP contribution in [0.1, 0.15) is 33.6 Å².